The zero-order chi connectivity index (χ0) is 31.8. The first kappa shape index (κ1) is 31.8. The Labute approximate surface area is 269 Å². The van der Waals surface area contributed by atoms with Gasteiger partial charge in [-0.2, -0.15) is 0 Å². The molecule has 232 valence electrons. The number of furan rings is 1. The largest absolute Gasteiger partial charge is 0.465 e. The van der Waals surface area contributed by atoms with E-state index >= 15 is 0 Å². The topological polar surface area (TPSA) is 127 Å². The summed E-state index contributed by atoms with van der Waals surface area (Å²) >= 11 is 2.81. The highest BCUT2D eigenvalue weighted by Gasteiger charge is 2.28. The summed E-state index contributed by atoms with van der Waals surface area (Å²) in [6, 6.07) is 19.1. The number of hydrogen-bond acceptors (Lipinski definition) is 8. The van der Waals surface area contributed by atoms with Crippen LogP contribution in [0.1, 0.15) is 63.1 Å². The molecule has 5 rings (SSSR count). The van der Waals surface area contributed by atoms with E-state index in [2.05, 4.69) is 16.0 Å². The number of aryl methyl sites for hydroxylation is 1. The van der Waals surface area contributed by atoms with Crippen LogP contribution in [-0.4, -0.2) is 36.1 Å². The van der Waals surface area contributed by atoms with E-state index in [0.717, 1.165) is 41.0 Å². The maximum Gasteiger partial charge on any atom is 0.341 e. The lowest BCUT2D eigenvalue weighted by Crippen LogP contribution is -2.30. The minimum Gasteiger partial charge on any atom is -0.465 e. The summed E-state index contributed by atoms with van der Waals surface area (Å²) in [6.07, 6.45) is 7.21. The third kappa shape index (κ3) is 7.92. The molecule has 0 aliphatic heterocycles. The third-order valence-corrected chi connectivity index (χ3v) is 9.75. The quantitative estimate of drug-likeness (QED) is 0.0920. The maximum absolute atomic E-state index is 13.4. The highest BCUT2D eigenvalue weighted by atomic mass is 32.2. The number of benzene rings is 2. The molecular weight excluding hydrogens is 611 g/mol. The third-order valence-electron chi connectivity index (χ3n) is 7.19. The van der Waals surface area contributed by atoms with Crippen molar-refractivity contribution in [2.24, 2.45) is 0 Å². The van der Waals surface area contributed by atoms with Crippen LogP contribution in [-0.2, 0) is 27.2 Å². The molecule has 1 unspecified atom stereocenters. The van der Waals surface area contributed by atoms with Crippen molar-refractivity contribution in [3.05, 3.63) is 106 Å². The maximum atomic E-state index is 13.4. The molecule has 0 saturated heterocycles. The molecule has 2 aromatic carbocycles. The predicted molar refractivity (Wildman–Crippen MR) is 177 cm³/mol. The lowest BCUT2D eigenvalue weighted by molar-refractivity contribution is -0.116. The highest BCUT2D eigenvalue weighted by molar-refractivity contribution is 8.00. The molecule has 0 bridgehead atoms. The van der Waals surface area contributed by atoms with Crippen molar-refractivity contribution in [2.75, 3.05) is 17.7 Å². The summed E-state index contributed by atoms with van der Waals surface area (Å²) in [6.45, 7) is 1.92. The predicted octanol–water partition coefficient (Wildman–Crippen LogP) is 6.93. The number of amides is 3. The van der Waals surface area contributed by atoms with Gasteiger partial charge in [-0.05, 0) is 80.1 Å². The van der Waals surface area contributed by atoms with E-state index in [0.29, 0.717) is 34.0 Å². The molecule has 2 heterocycles. The van der Waals surface area contributed by atoms with Crippen LogP contribution in [0.2, 0.25) is 0 Å². The molecule has 1 aliphatic rings. The number of carbonyl (C=O) groups is 4. The van der Waals surface area contributed by atoms with E-state index in [4.69, 9.17) is 9.15 Å². The molecule has 1 aliphatic carbocycles. The van der Waals surface area contributed by atoms with Gasteiger partial charge in [-0.1, -0.05) is 31.2 Å². The summed E-state index contributed by atoms with van der Waals surface area (Å²) in [5.74, 6) is -1.23. The van der Waals surface area contributed by atoms with Crippen molar-refractivity contribution >= 4 is 63.6 Å². The van der Waals surface area contributed by atoms with Gasteiger partial charge in [0, 0.05) is 27.1 Å². The highest BCUT2D eigenvalue weighted by Crippen LogP contribution is 2.39. The van der Waals surface area contributed by atoms with E-state index in [-0.39, 0.29) is 11.6 Å². The molecule has 2 aromatic heterocycles. The average Bonchev–Trinajstić information content (AvgIpc) is 3.71. The number of ether oxygens (including phenoxy) is 1. The Balaban J connectivity index is 1.29. The molecule has 1 atom stereocenters. The SMILES string of the molecule is CCC(Sc1cccc(NC(=O)/C(=C/c2ccco2)NC(=O)c2ccccc2)c1)C(=O)Nc1sc2c(c1C(=O)OC)CCCC2. The summed E-state index contributed by atoms with van der Waals surface area (Å²) in [5, 5.41) is 8.60. The van der Waals surface area contributed by atoms with Crippen molar-refractivity contribution in [2.45, 2.75) is 49.2 Å². The van der Waals surface area contributed by atoms with Crippen LogP contribution in [0.3, 0.4) is 0 Å². The summed E-state index contributed by atoms with van der Waals surface area (Å²) in [5.41, 5.74) is 2.34. The number of hydrogen-bond donors (Lipinski definition) is 3. The average molecular weight is 644 g/mol. The fourth-order valence-electron chi connectivity index (χ4n) is 4.95. The van der Waals surface area contributed by atoms with Gasteiger partial charge in [-0.3, -0.25) is 14.4 Å². The molecule has 0 fully saturated rings. The van der Waals surface area contributed by atoms with Gasteiger partial charge < -0.3 is 25.1 Å². The number of rotatable bonds is 11. The fourth-order valence-corrected chi connectivity index (χ4v) is 7.25. The van der Waals surface area contributed by atoms with E-state index < -0.39 is 23.0 Å². The van der Waals surface area contributed by atoms with Gasteiger partial charge in [0.15, 0.2) is 0 Å². The van der Waals surface area contributed by atoms with E-state index in [1.165, 1.54) is 42.5 Å². The van der Waals surface area contributed by atoms with Gasteiger partial charge in [0.05, 0.1) is 24.2 Å². The van der Waals surface area contributed by atoms with Gasteiger partial charge in [0.1, 0.15) is 16.5 Å². The first-order valence-electron chi connectivity index (χ1n) is 14.6. The van der Waals surface area contributed by atoms with Crippen LogP contribution >= 0.6 is 23.1 Å². The molecule has 0 radical (unpaired) electrons. The monoisotopic (exact) mass is 643 g/mol. The lowest BCUT2D eigenvalue weighted by atomic mass is 9.95. The zero-order valence-electron chi connectivity index (χ0n) is 24.9. The lowest BCUT2D eigenvalue weighted by Gasteiger charge is -2.16. The Morgan fingerprint density at radius 2 is 1.80 bits per heavy atom. The smallest absolute Gasteiger partial charge is 0.341 e. The molecule has 3 N–H and O–H groups in total. The number of fused-ring (bicyclic) bond motifs is 1. The van der Waals surface area contributed by atoms with Crippen molar-refractivity contribution in [3.63, 3.8) is 0 Å². The first-order chi connectivity index (χ1) is 21.9. The van der Waals surface area contributed by atoms with Crippen LogP contribution in [0.4, 0.5) is 10.7 Å². The second-order valence-corrected chi connectivity index (χ2v) is 12.7. The number of esters is 1. The number of nitrogens with one attached hydrogen (secondary N) is 3. The minimum absolute atomic E-state index is 0.00252. The second-order valence-electron chi connectivity index (χ2n) is 10.3. The summed E-state index contributed by atoms with van der Waals surface area (Å²) in [4.78, 5) is 54.2. The summed E-state index contributed by atoms with van der Waals surface area (Å²) < 4.78 is 10.4. The van der Waals surface area contributed by atoms with E-state index in [1.807, 2.05) is 13.0 Å². The Morgan fingerprint density at radius 1 is 1.00 bits per heavy atom. The number of thiophene rings is 1. The Kier molecular flexibility index (Phi) is 10.5. The standard InChI is InChI=1S/C34H33N3O6S2/c1-3-27(32(40)37-33-29(34(41)42-2)25-16-7-8-17-28(25)45-33)44-24-15-9-13-22(19-24)35-31(39)26(20-23-14-10-18-43-23)36-30(38)21-11-5-4-6-12-21/h4-6,9-15,18-20,27H,3,7-8,16-17H2,1-2H3,(H,35,39)(H,36,38)(H,37,40)/b26-20-. The molecule has 0 saturated carbocycles. The van der Waals surface area contributed by atoms with Crippen molar-refractivity contribution in [1.82, 2.24) is 5.32 Å². The van der Waals surface area contributed by atoms with Crippen LogP contribution in [0.25, 0.3) is 6.08 Å². The van der Waals surface area contributed by atoms with Gasteiger partial charge in [0.2, 0.25) is 5.91 Å². The van der Waals surface area contributed by atoms with Crippen LogP contribution < -0.4 is 16.0 Å². The summed E-state index contributed by atoms with van der Waals surface area (Å²) in [7, 11) is 1.35. The molecule has 3 amide bonds. The Bertz CT molecular complexity index is 1710. The van der Waals surface area contributed by atoms with E-state index in [9.17, 15) is 19.2 Å². The first-order valence-corrected chi connectivity index (χ1v) is 16.3. The van der Waals surface area contributed by atoms with Crippen molar-refractivity contribution < 1.29 is 28.3 Å². The fraction of sp³-hybridized carbons (Fsp3) is 0.235. The second kappa shape index (κ2) is 14.9. The molecule has 9 nitrogen and oxygen atoms in total. The minimum atomic E-state index is -0.542. The Morgan fingerprint density at radius 3 is 2.53 bits per heavy atom. The van der Waals surface area contributed by atoms with Crippen molar-refractivity contribution in [3.8, 4) is 0 Å². The van der Waals surface area contributed by atoms with E-state index in [1.54, 1.807) is 60.7 Å². The van der Waals surface area contributed by atoms with Crippen molar-refractivity contribution in [1.29, 1.82) is 0 Å². The normalized spacial score (nSPS) is 13.3. The molecular formula is C34H33N3O6S2. The number of anilines is 2. The van der Waals surface area contributed by atoms with Gasteiger partial charge >= 0.3 is 5.97 Å². The number of thioether (sulfide) groups is 1. The van der Waals surface area contributed by atoms with Gasteiger partial charge in [-0.25, -0.2) is 4.79 Å². The van der Waals surface area contributed by atoms with Gasteiger partial charge in [0.25, 0.3) is 11.8 Å². The molecule has 0 spiro atoms. The van der Waals surface area contributed by atoms with Crippen LogP contribution in [0, 0.1) is 0 Å². The molecule has 11 heteroatoms. The molecule has 45 heavy (non-hydrogen) atoms. The number of carbonyl (C=O) groups excluding carboxylic acids is 4. The molecule has 4 aromatic rings. The zero-order valence-corrected chi connectivity index (χ0v) is 26.5. The number of methoxy groups -OCH3 is 1. The van der Waals surface area contributed by atoms with Crippen LogP contribution in [0.15, 0.2) is 88.0 Å². The van der Waals surface area contributed by atoms with Crippen LogP contribution in [0.5, 0.6) is 0 Å². The van der Waals surface area contributed by atoms with Gasteiger partial charge in [-0.15, -0.1) is 23.1 Å². The Hall–Kier alpha value is -4.61.